The first kappa shape index (κ1) is 9.43. The molecule has 74 valence electrons. The molecule has 0 amide bonds. The van der Waals surface area contributed by atoms with Crippen molar-refractivity contribution in [3.8, 4) is 10.8 Å². The molecule has 0 aliphatic heterocycles. The number of aryl methyl sites for hydroxylation is 1. The third kappa shape index (κ3) is 1.86. The van der Waals surface area contributed by atoms with Crippen LogP contribution >= 0.6 is 11.3 Å². The van der Waals surface area contributed by atoms with Crippen LogP contribution in [0.25, 0.3) is 10.8 Å². The Morgan fingerprint density at radius 3 is 3.00 bits per heavy atom. The van der Waals surface area contributed by atoms with Gasteiger partial charge in [0.15, 0.2) is 0 Å². The molecule has 0 saturated heterocycles. The van der Waals surface area contributed by atoms with E-state index in [-0.39, 0.29) is 0 Å². The van der Waals surface area contributed by atoms with Crippen LogP contribution in [0.1, 0.15) is 10.6 Å². The molecule has 0 bridgehead atoms. The number of nitrogens with two attached hydrogens (primary N) is 1. The van der Waals surface area contributed by atoms with E-state index in [1.807, 2.05) is 6.07 Å². The highest BCUT2D eigenvalue weighted by molar-refractivity contribution is 7.15. The van der Waals surface area contributed by atoms with E-state index >= 15 is 0 Å². The molecule has 0 unspecified atom stereocenters. The van der Waals surface area contributed by atoms with Crippen molar-refractivity contribution in [2.45, 2.75) is 13.3 Å². The number of rotatable bonds is 3. The minimum absolute atomic E-state index is 0.607. The number of aromatic nitrogens is 1. The Bertz CT molecular complexity index is 419. The van der Waals surface area contributed by atoms with Gasteiger partial charge in [0, 0.05) is 11.3 Å². The van der Waals surface area contributed by atoms with E-state index < -0.39 is 0 Å². The highest BCUT2D eigenvalue weighted by atomic mass is 32.1. The number of oxazole rings is 1. The summed E-state index contributed by atoms with van der Waals surface area (Å²) in [5.74, 6) is 0.701. The second-order valence-corrected chi connectivity index (χ2v) is 4.38. The molecule has 2 aromatic heterocycles. The summed E-state index contributed by atoms with van der Waals surface area (Å²) in [6.07, 6.45) is 2.45. The minimum Gasteiger partial charge on any atom is -0.444 e. The molecule has 14 heavy (non-hydrogen) atoms. The smallest absolute Gasteiger partial charge is 0.236 e. The van der Waals surface area contributed by atoms with Crippen molar-refractivity contribution in [1.82, 2.24) is 4.98 Å². The van der Waals surface area contributed by atoms with Crippen LogP contribution in [0.2, 0.25) is 0 Å². The van der Waals surface area contributed by atoms with Gasteiger partial charge in [0.25, 0.3) is 0 Å². The van der Waals surface area contributed by atoms with E-state index in [4.69, 9.17) is 10.2 Å². The van der Waals surface area contributed by atoms with Crippen LogP contribution in [0.4, 0.5) is 0 Å². The van der Waals surface area contributed by atoms with Crippen LogP contribution in [0.15, 0.2) is 22.8 Å². The summed E-state index contributed by atoms with van der Waals surface area (Å²) in [5.41, 5.74) is 6.36. The van der Waals surface area contributed by atoms with Crippen LogP contribution in [0.5, 0.6) is 0 Å². The number of hydrogen-bond donors (Lipinski definition) is 1. The molecule has 0 aliphatic carbocycles. The summed E-state index contributed by atoms with van der Waals surface area (Å²) in [7, 11) is 0. The van der Waals surface area contributed by atoms with Gasteiger partial charge in [0.05, 0.1) is 10.6 Å². The van der Waals surface area contributed by atoms with Crippen molar-refractivity contribution in [1.29, 1.82) is 0 Å². The molecule has 2 aromatic rings. The average molecular weight is 208 g/mol. The second kappa shape index (κ2) is 3.94. The minimum atomic E-state index is 0.607. The van der Waals surface area contributed by atoms with Crippen LogP contribution in [0, 0.1) is 6.92 Å². The van der Waals surface area contributed by atoms with Crippen molar-refractivity contribution in [3.63, 3.8) is 0 Å². The molecular weight excluding hydrogens is 196 g/mol. The number of thiophene rings is 1. The largest absolute Gasteiger partial charge is 0.444 e. The fourth-order valence-corrected chi connectivity index (χ4v) is 2.03. The Hall–Kier alpha value is -1.13. The normalized spacial score (nSPS) is 10.7. The van der Waals surface area contributed by atoms with Gasteiger partial charge in [-0.3, -0.25) is 0 Å². The van der Waals surface area contributed by atoms with Gasteiger partial charge < -0.3 is 10.2 Å². The molecular formula is C10H12N2OS. The zero-order valence-electron chi connectivity index (χ0n) is 7.99. The van der Waals surface area contributed by atoms with Crippen molar-refractivity contribution in [2.75, 3.05) is 6.54 Å². The Balaban J connectivity index is 2.24. The van der Waals surface area contributed by atoms with Gasteiger partial charge in [0.2, 0.25) is 5.89 Å². The molecule has 0 fully saturated rings. The molecule has 0 saturated carbocycles. The maximum absolute atomic E-state index is 5.43. The third-order valence-corrected chi connectivity index (χ3v) is 2.89. The Kier molecular flexibility index (Phi) is 2.65. The Labute approximate surface area is 86.6 Å². The lowest BCUT2D eigenvalue weighted by Gasteiger charge is -1.87. The van der Waals surface area contributed by atoms with E-state index in [2.05, 4.69) is 18.0 Å². The highest BCUT2D eigenvalue weighted by Gasteiger charge is 2.07. The standard InChI is InChI=1S/C10H12N2OS/c1-7-2-3-9(14-7)10-12-8(4-5-11)6-13-10/h2-3,6H,4-5,11H2,1H3. The van der Waals surface area contributed by atoms with Crippen LogP contribution in [-0.4, -0.2) is 11.5 Å². The van der Waals surface area contributed by atoms with Gasteiger partial charge >= 0.3 is 0 Å². The molecule has 0 aromatic carbocycles. The maximum atomic E-state index is 5.43. The molecule has 2 rings (SSSR count). The molecule has 3 nitrogen and oxygen atoms in total. The van der Waals surface area contributed by atoms with Crippen molar-refractivity contribution < 1.29 is 4.42 Å². The first-order chi connectivity index (χ1) is 6.79. The third-order valence-electron chi connectivity index (χ3n) is 1.90. The summed E-state index contributed by atoms with van der Waals surface area (Å²) in [6.45, 7) is 2.67. The first-order valence-electron chi connectivity index (χ1n) is 4.51. The fourth-order valence-electron chi connectivity index (χ4n) is 1.23. The lowest BCUT2D eigenvalue weighted by molar-refractivity contribution is 0.574. The summed E-state index contributed by atoms with van der Waals surface area (Å²) >= 11 is 1.68. The zero-order chi connectivity index (χ0) is 9.97. The van der Waals surface area contributed by atoms with E-state index in [1.165, 1.54) is 4.88 Å². The summed E-state index contributed by atoms with van der Waals surface area (Å²) < 4.78 is 5.36. The van der Waals surface area contributed by atoms with E-state index in [9.17, 15) is 0 Å². The van der Waals surface area contributed by atoms with Gasteiger partial charge in [-0.1, -0.05) is 0 Å². The molecule has 0 aliphatic rings. The van der Waals surface area contributed by atoms with Crippen LogP contribution in [0.3, 0.4) is 0 Å². The topological polar surface area (TPSA) is 52.0 Å². The van der Waals surface area contributed by atoms with Crippen LogP contribution < -0.4 is 5.73 Å². The Morgan fingerprint density at radius 1 is 1.50 bits per heavy atom. The van der Waals surface area contributed by atoms with Gasteiger partial charge in [-0.15, -0.1) is 11.3 Å². The SMILES string of the molecule is Cc1ccc(-c2nc(CCN)co2)s1. The summed E-state index contributed by atoms with van der Waals surface area (Å²) in [6, 6.07) is 4.09. The maximum Gasteiger partial charge on any atom is 0.236 e. The Morgan fingerprint density at radius 2 is 2.36 bits per heavy atom. The number of nitrogens with zero attached hydrogens (tertiary/aromatic N) is 1. The summed E-state index contributed by atoms with van der Waals surface area (Å²) in [4.78, 5) is 6.68. The molecule has 2 heterocycles. The van der Waals surface area contributed by atoms with E-state index in [1.54, 1.807) is 17.6 Å². The first-order valence-corrected chi connectivity index (χ1v) is 5.32. The predicted octanol–water partition coefficient (Wildman–Crippen LogP) is 2.21. The fraction of sp³-hybridized carbons (Fsp3) is 0.300. The molecule has 4 heteroatoms. The van der Waals surface area contributed by atoms with Gasteiger partial charge in [-0.2, -0.15) is 0 Å². The predicted molar refractivity (Wildman–Crippen MR) is 57.3 cm³/mol. The second-order valence-electron chi connectivity index (χ2n) is 3.09. The zero-order valence-corrected chi connectivity index (χ0v) is 8.80. The number of hydrogen-bond acceptors (Lipinski definition) is 4. The molecule has 0 spiro atoms. The lowest BCUT2D eigenvalue weighted by atomic mass is 10.3. The van der Waals surface area contributed by atoms with E-state index in [0.717, 1.165) is 17.0 Å². The van der Waals surface area contributed by atoms with E-state index in [0.29, 0.717) is 12.4 Å². The quantitative estimate of drug-likeness (QED) is 0.841. The average Bonchev–Trinajstić information content (AvgIpc) is 2.74. The van der Waals surface area contributed by atoms with Crippen molar-refractivity contribution >= 4 is 11.3 Å². The molecule has 0 radical (unpaired) electrons. The van der Waals surface area contributed by atoms with Crippen molar-refractivity contribution in [3.05, 3.63) is 29.0 Å². The highest BCUT2D eigenvalue weighted by Crippen LogP contribution is 2.26. The van der Waals surface area contributed by atoms with Crippen molar-refractivity contribution in [2.24, 2.45) is 5.73 Å². The monoisotopic (exact) mass is 208 g/mol. The van der Waals surface area contributed by atoms with Gasteiger partial charge in [0.1, 0.15) is 6.26 Å². The summed E-state index contributed by atoms with van der Waals surface area (Å²) in [5, 5.41) is 0. The van der Waals surface area contributed by atoms with Gasteiger partial charge in [-0.05, 0) is 25.6 Å². The molecule has 0 atom stereocenters. The van der Waals surface area contributed by atoms with Gasteiger partial charge in [-0.25, -0.2) is 4.98 Å². The molecule has 2 N–H and O–H groups in total. The van der Waals surface area contributed by atoms with Crippen LogP contribution in [-0.2, 0) is 6.42 Å². The lowest BCUT2D eigenvalue weighted by Crippen LogP contribution is -2.02.